The number of para-hydroxylation sites is 1. The highest BCUT2D eigenvalue weighted by Gasteiger charge is 2.18. The van der Waals surface area contributed by atoms with Crippen LogP contribution in [-0.2, 0) is 0 Å². The van der Waals surface area contributed by atoms with Crippen molar-refractivity contribution in [1.29, 1.82) is 0 Å². The maximum Gasteiger partial charge on any atom is 0.200 e. The van der Waals surface area contributed by atoms with E-state index in [2.05, 4.69) is 0 Å². The first-order valence-corrected chi connectivity index (χ1v) is 6.47. The lowest BCUT2D eigenvalue weighted by Crippen LogP contribution is -2.06. The number of hydrogen-bond acceptors (Lipinski definition) is 3. The van der Waals surface area contributed by atoms with E-state index in [9.17, 15) is 4.79 Å². The van der Waals surface area contributed by atoms with Crippen LogP contribution < -0.4 is 4.74 Å². The Balaban J connectivity index is 2.36. The van der Waals surface area contributed by atoms with Gasteiger partial charge in [-0.25, -0.2) is 0 Å². The van der Waals surface area contributed by atoms with Crippen LogP contribution in [0.2, 0.25) is 0 Å². The van der Waals surface area contributed by atoms with Crippen LogP contribution in [-0.4, -0.2) is 12.4 Å². The number of furan rings is 1. The molecular weight excluding hydrogens is 240 g/mol. The van der Waals surface area contributed by atoms with Gasteiger partial charge in [0.2, 0.25) is 0 Å². The number of benzene rings is 1. The lowest BCUT2D eigenvalue weighted by Gasteiger charge is -2.09. The highest BCUT2D eigenvalue weighted by atomic mass is 16.5. The quantitative estimate of drug-likeness (QED) is 0.763. The van der Waals surface area contributed by atoms with Gasteiger partial charge in [0.05, 0.1) is 17.7 Å². The number of hydrogen-bond donors (Lipinski definition) is 0. The molecule has 0 radical (unpaired) electrons. The third-order valence-electron chi connectivity index (χ3n) is 2.88. The minimum absolute atomic E-state index is 0.0546. The largest absolute Gasteiger partial charge is 0.493 e. The third-order valence-corrected chi connectivity index (χ3v) is 2.88. The maximum atomic E-state index is 12.5. The highest BCUT2D eigenvalue weighted by Crippen LogP contribution is 2.24. The first-order chi connectivity index (χ1) is 9.13. The fourth-order valence-electron chi connectivity index (χ4n) is 1.99. The molecule has 0 amide bonds. The third kappa shape index (κ3) is 2.87. The van der Waals surface area contributed by atoms with Gasteiger partial charge in [0, 0.05) is 0 Å². The van der Waals surface area contributed by atoms with Gasteiger partial charge in [-0.2, -0.15) is 0 Å². The number of carbonyl (C=O) groups is 1. The number of carbonyl (C=O) groups excluding carboxylic acids is 1. The Hall–Kier alpha value is -2.03. The van der Waals surface area contributed by atoms with Crippen LogP contribution in [0.5, 0.6) is 5.75 Å². The number of ketones is 1. The topological polar surface area (TPSA) is 39.4 Å². The molecule has 2 rings (SSSR count). The zero-order chi connectivity index (χ0) is 13.8. The zero-order valence-electron chi connectivity index (χ0n) is 11.5. The van der Waals surface area contributed by atoms with E-state index in [-0.39, 0.29) is 5.78 Å². The smallest absolute Gasteiger partial charge is 0.200 e. The molecule has 19 heavy (non-hydrogen) atoms. The van der Waals surface area contributed by atoms with E-state index in [1.807, 2.05) is 32.0 Å². The van der Waals surface area contributed by atoms with E-state index in [0.717, 1.165) is 12.2 Å². The SMILES string of the molecule is CCCOc1ccccc1C(=O)c1cc(C)oc1C. The fourth-order valence-corrected chi connectivity index (χ4v) is 1.99. The molecule has 0 unspecified atom stereocenters. The molecule has 2 aromatic rings. The monoisotopic (exact) mass is 258 g/mol. The molecule has 1 aromatic carbocycles. The van der Waals surface area contributed by atoms with Crippen molar-refractivity contribution in [2.24, 2.45) is 0 Å². The normalized spacial score (nSPS) is 10.5. The summed E-state index contributed by atoms with van der Waals surface area (Å²) in [4.78, 5) is 12.5. The molecule has 3 heteroatoms. The molecule has 1 heterocycles. The van der Waals surface area contributed by atoms with Crippen LogP contribution in [0.4, 0.5) is 0 Å². The Bertz CT molecular complexity index is 581. The molecular formula is C16H18O3. The van der Waals surface area contributed by atoms with E-state index in [1.165, 1.54) is 0 Å². The Labute approximate surface area is 113 Å². The second-order valence-corrected chi connectivity index (χ2v) is 4.50. The summed E-state index contributed by atoms with van der Waals surface area (Å²) in [7, 11) is 0. The summed E-state index contributed by atoms with van der Waals surface area (Å²) in [6.45, 7) is 6.28. The van der Waals surface area contributed by atoms with Gasteiger partial charge in [0.25, 0.3) is 0 Å². The second kappa shape index (κ2) is 5.74. The van der Waals surface area contributed by atoms with E-state index in [0.29, 0.717) is 29.2 Å². The molecule has 0 saturated heterocycles. The van der Waals surface area contributed by atoms with Crippen LogP contribution in [0.25, 0.3) is 0 Å². The van der Waals surface area contributed by atoms with Gasteiger partial charge >= 0.3 is 0 Å². The fraction of sp³-hybridized carbons (Fsp3) is 0.312. The van der Waals surface area contributed by atoms with E-state index >= 15 is 0 Å². The van der Waals surface area contributed by atoms with Gasteiger partial charge in [-0.1, -0.05) is 19.1 Å². The molecule has 0 spiro atoms. The van der Waals surface area contributed by atoms with Crippen LogP contribution in [0, 0.1) is 13.8 Å². The molecule has 0 aliphatic rings. The Morgan fingerprint density at radius 2 is 1.95 bits per heavy atom. The Kier molecular flexibility index (Phi) is 4.05. The number of rotatable bonds is 5. The molecule has 0 fully saturated rings. The molecule has 0 aliphatic carbocycles. The predicted molar refractivity (Wildman–Crippen MR) is 73.8 cm³/mol. The Morgan fingerprint density at radius 1 is 1.21 bits per heavy atom. The van der Waals surface area contributed by atoms with Gasteiger partial charge in [0.1, 0.15) is 17.3 Å². The molecule has 0 atom stereocenters. The lowest BCUT2D eigenvalue weighted by molar-refractivity contribution is 0.103. The lowest BCUT2D eigenvalue weighted by atomic mass is 10.0. The van der Waals surface area contributed by atoms with E-state index in [1.54, 1.807) is 19.1 Å². The second-order valence-electron chi connectivity index (χ2n) is 4.50. The van der Waals surface area contributed by atoms with Gasteiger partial charge in [-0.3, -0.25) is 4.79 Å². The minimum Gasteiger partial charge on any atom is -0.493 e. The molecule has 0 aliphatic heterocycles. The summed E-state index contributed by atoms with van der Waals surface area (Å²) >= 11 is 0. The highest BCUT2D eigenvalue weighted by molar-refractivity contribution is 6.11. The molecule has 100 valence electrons. The van der Waals surface area contributed by atoms with Crippen LogP contribution in [0.1, 0.15) is 40.8 Å². The summed E-state index contributed by atoms with van der Waals surface area (Å²) in [6, 6.07) is 9.10. The summed E-state index contributed by atoms with van der Waals surface area (Å²) in [5.74, 6) is 1.97. The van der Waals surface area contributed by atoms with Crippen molar-refractivity contribution >= 4 is 5.78 Å². The summed E-state index contributed by atoms with van der Waals surface area (Å²) in [5.41, 5.74) is 1.19. The van der Waals surface area contributed by atoms with Gasteiger partial charge in [-0.05, 0) is 38.5 Å². The predicted octanol–water partition coefficient (Wildman–Crippen LogP) is 3.92. The molecule has 3 nitrogen and oxygen atoms in total. The standard InChI is InChI=1S/C16H18O3/c1-4-9-18-15-8-6-5-7-13(15)16(17)14-10-11(2)19-12(14)3/h5-8,10H,4,9H2,1-3H3. The molecule has 0 bridgehead atoms. The minimum atomic E-state index is -0.0546. The summed E-state index contributed by atoms with van der Waals surface area (Å²) in [5, 5.41) is 0. The molecule has 1 aromatic heterocycles. The Morgan fingerprint density at radius 3 is 2.58 bits per heavy atom. The van der Waals surface area contributed by atoms with E-state index in [4.69, 9.17) is 9.15 Å². The van der Waals surface area contributed by atoms with E-state index < -0.39 is 0 Å². The molecule has 0 N–H and O–H groups in total. The van der Waals surface area contributed by atoms with Gasteiger partial charge in [-0.15, -0.1) is 0 Å². The average molecular weight is 258 g/mol. The van der Waals surface area contributed by atoms with Crippen molar-refractivity contribution in [2.75, 3.05) is 6.61 Å². The summed E-state index contributed by atoms with van der Waals surface area (Å²) in [6.07, 6.45) is 0.909. The van der Waals surface area contributed by atoms with Gasteiger partial charge < -0.3 is 9.15 Å². The van der Waals surface area contributed by atoms with Crippen molar-refractivity contribution in [3.8, 4) is 5.75 Å². The van der Waals surface area contributed by atoms with Crippen LogP contribution in [0.3, 0.4) is 0 Å². The van der Waals surface area contributed by atoms with Crippen molar-refractivity contribution in [3.05, 3.63) is 53.0 Å². The number of aryl methyl sites for hydroxylation is 2. The maximum absolute atomic E-state index is 12.5. The zero-order valence-corrected chi connectivity index (χ0v) is 11.5. The van der Waals surface area contributed by atoms with Crippen molar-refractivity contribution in [3.63, 3.8) is 0 Å². The first-order valence-electron chi connectivity index (χ1n) is 6.47. The molecule has 0 saturated carbocycles. The van der Waals surface area contributed by atoms with Gasteiger partial charge in [0.15, 0.2) is 5.78 Å². The van der Waals surface area contributed by atoms with Crippen molar-refractivity contribution in [2.45, 2.75) is 27.2 Å². The van der Waals surface area contributed by atoms with Crippen molar-refractivity contribution < 1.29 is 13.9 Å². The number of ether oxygens (including phenoxy) is 1. The average Bonchev–Trinajstić information content (AvgIpc) is 2.75. The van der Waals surface area contributed by atoms with Crippen molar-refractivity contribution in [1.82, 2.24) is 0 Å². The van der Waals surface area contributed by atoms with Crippen LogP contribution >= 0.6 is 0 Å². The first kappa shape index (κ1) is 13.4. The summed E-state index contributed by atoms with van der Waals surface area (Å²) < 4.78 is 11.0. The van der Waals surface area contributed by atoms with Crippen LogP contribution in [0.15, 0.2) is 34.7 Å².